The van der Waals surface area contributed by atoms with Gasteiger partial charge in [0.2, 0.25) is 0 Å². The van der Waals surface area contributed by atoms with Crippen LogP contribution < -0.4 is 0 Å². The van der Waals surface area contributed by atoms with E-state index in [4.69, 9.17) is 0 Å². The summed E-state index contributed by atoms with van der Waals surface area (Å²) in [5.74, 6) is 0. The molecule has 3 aromatic heterocycles. The molecule has 4 aromatic rings. The van der Waals surface area contributed by atoms with Crippen molar-refractivity contribution >= 4 is 21.9 Å². The van der Waals surface area contributed by atoms with Gasteiger partial charge in [0.05, 0.1) is 16.7 Å². The zero-order chi connectivity index (χ0) is 12.7. The lowest BCUT2D eigenvalue weighted by Crippen LogP contribution is -1.86. The van der Waals surface area contributed by atoms with E-state index < -0.39 is 0 Å². The first-order chi connectivity index (χ1) is 9.42. The number of pyridine rings is 2. The van der Waals surface area contributed by atoms with Gasteiger partial charge in [-0.1, -0.05) is 24.3 Å². The van der Waals surface area contributed by atoms with E-state index >= 15 is 0 Å². The molecule has 4 nitrogen and oxygen atoms in total. The Morgan fingerprint density at radius 2 is 1.84 bits per heavy atom. The van der Waals surface area contributed by atoms with Gasteiger partial charge in [0.15, 0.2) is 0 Å². The second kappa shape index (κ2) is 3.88. The molecule has 0 fully saturated rings. The maximum absolute atomic E-state index is 4.65. The average Bonchev–Trinajstić information content (AvgIpc) is 2.91. The largest absolute Gasteiger partial charge is 0.275 e. The lowest BCUT2D eigenvalue weighted by Gasteiger charge is -2.00. The van der Waals surface area contributed by atoms with Crippen molar-refractivity contribution in [1.82, 2.24) is 20.2 Å². The van der Waals surface area contributed by atoms with Gasteiger partial charge in [-0.05, 0) is 24.3 Å². The maximum atomic E-state index is 4.65. The highest BCUT2D eigenvalue weighted by Gasteiger charge is 2.10. The van der Waals surface area contributed by atoms with Crippen LogP contribution in [0.1, 0.15) is 0 Å². The van der Waals surface area contributed by atoms with E-state index in [-0.39, 0.29) is 0 Å². The molecule has 4 heteroatoms. The van der Waals surface area contributed by atoms with Gasteiger partial charge in [-0.2, -0.15) is 5.10 Å². The van der Waals surface area contributed by atoms with Crippen molar-refractivity contribution in [3.05, 3.63) is 54.7 Å². The van der Waals surface area contributed by atoms with Gasteiger partial charge in [0, 0.05) is 11.6 Å². The predicted molar refractivity (Wildman–Crippen MR) is 74.6 cm³/mol. The van der Waals surface area contributed by atoms with Gasteiger partial charge in [0.25, 0.3) is 0 Å². The molecule has 0 atom stereocenters. The summed E-state index contributed by atoms with van der Waals surface area (Å²) in [6.45, 7) is 0. The fourth-order valence-electron chi connectivity index (χ4n) is 2.23. The zero-order valence-corrected chi connectivity index (χ0v) is 10.0. The third-order valence-corrected chi connectivity index (χ3v) is 3.16. The Labute approximate surface area is 109 Å². The van der Waals surface area contributed by atoms with Gasteiger partial charge in [-0.25, -0.2) is 4.98 Å². The number of nitrogens with one attached hydrogen (secondary N) is 1. The van der Waals surface area contributed by atoms with Crippen molar-refractivity contribution < 1.29 is 0 Å². The van der Waals surface area contributed by atoms with Crippen LogP contribution in [0.3, 0.4) is 0 Å². The minimum absolute atomic E-state index is 0.793. The molecule has 0 saturated carbocycles. The standard InChI is InChI=1S/C15H10N4/c1-2-5-11-10(4-1)7-8-12(17-11)15-14-13(18-19-15)6-3-9-16-14/h1-9H,(H,18,19). The number of nitrogens with zero attached hydrogens (tertiary/aromatic N) is 3. The molecule has 1 N–H and O–H groups in total. The number of benzene rings is 1. The molecule has 0 aliphatic rings. The van der Waals surface area contributed by atoms with Crippen LogP contribution in [0.15, 0.2) is 54.7 Å². The lowest BCUT2D eigenvalue weighted by molar-refractivity contribution is 1.11. The zero-order valence-electron chi connectivity index (χ0n) is 10.0. The minimum atomic E-state index is 0.793. The predicted octanol–water partition coefficient (Wildman–Crippen LogP) is 3.17. The van der Waals surface area contributed by atoms with Crippen LogP contribution in [0.2, 0.25) is 0 Å². The molecule has 3 heterocycles. The van der Waals surface area contributed by atoms with Crippen molar-refractivity contribution in [3.8, 4) is 11.4 Å². The third-order valence-electron chi connectivity index (χ3n) is 3.16. The van der Waals surface area contributed by atoms with E-state index in [0.29, 0.717) is 0 Å². The number of hydrogen-bond acceptors (Lipinski definition) is 3. The van der Waals surface area contributed by atoms with E-state index in [2.05, 4.69) is 26.2 Å². The Morgan fingerprint density at radius 1 is 0.895 bits per heavy atom. The molecule has 0 aliphatic carbocycles. The minimum Gasteiger partial charge on any atom is -0.275 e. The van der Waals surface area contributed by atoms with Crippen LogP contribution in [0, 0.1) is 0 Å². The van der Waals surface area contributed by atoms with Gasteiger partial charge in [-0.15, -0.1) is 0 Å². The first kappa shape index (κ1) is 10.2. The van der Waals surface area contributed by atoms with Crippen LogP contribution in [-0.2, 0) is 0 Å². The fourth-order valence-corrected chi connectivity index (χ4v) is 2.23. The number of para-hydroxylation sites is 1. The Kier molecular flexibility index (Phi) is 2.08. The van der Waals surface area contributed by atoms with Gasteiger partial charge in [0.1, 0.15) is 11.2 Å². The van der Waals surface area contributed by atoms with E-state index in [1.807, 2.05) is 42.5 Å². The number of hydrogen-bond donors (Lipinski definition) is 1. The smallest absolute Gasteiger partial charge is 0.137 e. The molecule has 19 heavy (non-hydrogen) atoms. The lowest BCUT2D eigenvalue weighted by atomic mass is 10.1. The Morgan fingerprint density at radius 3 is 2.84 bits per heavy atom. The Balaban J connectivity index is 1.99. The monoisotopic (exact) mass is 246 g/mol. The Bertz CT molecular complexity index is 879. The summed E-state index contributed by atoms with van der Waals surface area (Å²) < 4.78 is 0. The van der Waals surface area contributed by atoms with Crippen molar-refractivity contribution in [3.63, 3.8) is 0 Å². The Hall–Kier alpha value is -2.75. The van der Waals surface area contributed by atoms with Crippen LogP contribution in [0.25, 0.3) is 33.3 Å². The molecule has 0 spiro atoms. The summed E-state index contributed by atoms with van der Waals surface area (Å²) in [6, 6.07) is 15.9. The molecule has 0 saturated heterocycles. The van der Waals surface area contributed by atoms with E-state index in [1.54, 1.807) is 6.20 Å². The summed E-state index contributed by atoms with van der Waals surface area (Å²) in [5, 5.41) is 8.43. The van der Waals surface area contributed by atoms with Crippen LogP contribution in [0.5, 0.6) is 0 Å². The first-order valence-corrected chi connectivity index (χ1v) is 6.07. The molecule has 0 unspecified atom stereocenters. The van der Waals surface area contributed by atoms with Crippen LogP contribution in [0.4, 0.5) is 0 Å². The highest BCUT2D eigenvalue weighted by molar-refractivity contribution is 5.90. The summed E-state index contributed by atoms with van der Waals surface area (Å²) in [6.07, 6.45) is 1.77. The average molecular weight is 246 g/mol. The number of aromatic nitrogens is 4. The molecular weight excluding hydrogens is 236 g/mol. The van der Waals surface area contributed by atoms with Crippen molar-refractivity contribution in [2.75, 3.05) is 0 Å². The summed E-state index contributed by atoms with van der Waals surface area (Å²) in [4.78, 5) is 9.01. The molecule has 0 aliphatic heterocycles. The number of aromatic amines is 1. The van der Waals surface area contributed by atoms with Crippen molar-refractivity contribution in [2.45, 2.75) is 0 Å². The topological polar surface area (TPSA) is 54.5 Å². The first-order valence-electron chi connectivity index (χ1n) is 6.07. The van der Waals surface area contributed by atoms with Gasteiger partial charge in [-0.3, -0.25) is 10.1 Å². The second-order valence-electron chi connectivity index (χ2n) is 4.36. The van der Waals surface area contributed by atoms with E-state index in [9.17, 15) is 0 Å². The molecule has 0 bridgehead atoms. The third kappa shape index (κ3) is 1.57. The maximum Gasteiger partial charge on any atom is 0.137 e. The molecular formula is C15H10N4. The molecule has 90 valence electrons. The van der Waals surface area contributed by atoms with Crippen molar-refractivity contribution in [2.24, 2.45) is 0 Å². The van der Waals surface area contributed by atoms with Gasteiger partial charge >= 0.3 is 0 Å². The van der Waals surface area contributed by atoms with Crippen LogP contribution >= 0.6 is 0 Å². The highest BCUT2D eigenvalue weighted by Crippen LogP contribution is 2.24. The van der Waals surface area contributed by atoms with E-state index in [0.717, 1.165) is 33.3 Å². The summed E-state index contributed by atoms with van der Waals surface area (Å²) in [7, 11) is 0. The second-order valence-corrected chi connectivity index (χ2v) is 4.36. The van der Waals surface area contributed by atoms with E-state index in [1.165, 1.54) is 0 Å². The highest BCUT2D eigenvalue weighted by atomic mass is 15.1. The summed E-state index contributed by atoms with van der Waals surface area (Å²) >= 11 is 0. The fraction of sp³-hybridized carbons (Fsp3) is 0. The SMILES string of the molecule is c1ccc2nc(-c3n[nH]c4cccnc34)ccc2c1. The molecule has 1 aromatic carbocycles. The number of rotatable bonds is 1. The van der Waals surface area contributed by atoms with Crippen molar-refractivity contribution in [1.29, 1.82) is 0 Å². The van der Waals surface area contributed by atoms with Gasteiger partial charge < -0.3 is 0 Å². The molecule has 0 radical (unpaired) electrons. The summed E-state index contributed by atoms with van der Waals surface area (Å²) in [5.41, 5.74) is 4.37. The number of fused-ring (bicyclic) bond motifs is 2. The molecule has 0 amide bonds. The normalized spacial score (nSPS) is 11.2. The number of H-pyrrole nitrogens is 1. The quantitative estimate of drug-likeness (QED) is 0.561. The molecule has 4 rings (SSSR count). The van der Waals surface area contributed by atoms with Crippen LogP contribution in [-0.4, -0.2) is 20.2 Å².